The highest BCUT2D eigenvalue weighted by atomic mass is 16.5. The van der Waals surface area contributed by atoms with E-state index < -0.39 is 0 Å². The summed E-state index contributed by atoms with van der Waals surface area (Å²) in [5.41, 5.74) is 0.446. The maximum absolute atomic E-state index is 11.6. The average Bonchev–Trinajstić information content (AvgIpc) is 2.36. The van der Waals surface area contributed by atoms with Crippen LogP contribution in [0, 0.1) is 5.92 Å². The van der Waals surface area contributed by atoms with Gasteiger partial charge in [0, 0.05) is 6.04 Å². The third-order valence-electron chi connectivity index (χ3n) is 2.79. The molecule has 98 valence electrons. The van der Waals surface area contributed by atoms with E-state index in [4.69, 9.17) is 4.74 Å². The Hall–Kier alpha value is -1.84. The van der Waals surface area contributed by atoms with Crippen LogP contribution in [0.4, 0.5) is 0 Å². The summed E-state index contributed by atoms with van der Waals surface area (Å²) in [7, 11) is 0. The van der Waals surface area contributed by atoms with Gasteiger partial charge in [-0.05, 0) is 25.0 Å². The summed E-state index contributed by atoms with van der Waals surface area (Å²) in [5, 5.41) is 2.83. The lowest BCUT2D eigenvalue weighted by atomic mass is 10.1. The van der Waals surface area contributed by atoms with Crippen LogP contribution in [0.5, 0.6) is 5.75 Å². The maximum atomic E-state index is 11.6. The number of benzene rings is 1. The lowest BCUT2D eigenvalue weighted by Gasteiger charge is -2.17. The molecule has 1 unspecified atom stereocenters. The van der Waals surface area contributed by atoms with E-state index in [-0.39, 0.29) is 18.6 Å². The highest BCUT2D eigenvalue weighted by Crippen LogP contribution is 2.15. The Balaban J connectivity index is 2.50. The van der Waals surface area contributed by atoms with Gasteiger partial charge < -0.3 is 10.1 Å². The topological polar surface area (TPSA) is 55.4 Å². The zero-order valence-electron chi connectivity index (χ0n) is 11.0. The minimum Gasteiger partial charge on any atom is -0.483 e. The Morgan fingerprint density at radius 1 is 1.33 bits per heavy atom. The van der Waals surface area contributed by atoms with Gasteiger partial charge in [0.1, 0.15) is 5.75 Å². The van der Waals surface area contributed by atoms with Crippen LogP contribution < -0.4 is 10.1 Å². The number of ether oxygens (including phenoxy) is 1. The van der Waals surface area contributed by atoms with Crippen molar-refractivity contribution >= 4 is 12.2 Å². The molecule has 0 aliphatic heterocycles. The average molecular weight is 249 g/mol. The van der Waals surface area contributed by atoms with E-state index in [1.165, 1.54) is 0 Å². The third-order valence-corrected chi connectivity index (χ3v) is 2.79. The van der Waals surface area contributed by atoms with Crippen LogP contribution in [0.2, 0.25) is 0 Å². The van der Waals surface area contributed by atoms with Crippen molar-refractivity contribution in [3.8, 4) is 5.75 Å². The second-order valence-corrected chi connectivity index (χ2v) is 4.54. The number of aldehydes is 1. The van der Waals surface area contributed by atoms with Gasteiger partial charge in [-0.2, -0.15) is 0 Å². The second-order valence-electron chi connectivity index (χ2n) is 4.54. The van der Waals surface area contributed by atoms with E-state index in [1.807, 2.05) is 20.8 Å². The van der Waals surface area contributed by atoms with Crippen LogP contribution >= 0.6 is 0 Å². The maximum Gasteiger partial charge on any atom is 0.258 e. The molecule has 0 heterocycles. The standard InChI is InChI=1S/C14H19NO3/c1-10(2)11(3)15-14(17)9-18-13-7-5-4-6-12(13)8-16/h4-8,10-11H,9H2,1-3H3,(H,15,17). The zero-order valence-corrected chi connectivity index (χ0v) is 11.0. The fourth-order valence-corrected chi connectivity index (χ4v) is 1.31. The number of nitrogens with one attached hydrogen (secondary N) is 1. The Labute approximate surface area is 107 Å². The number of amides is 1. The summed E-state index contributed by atoms with van der Waals surface area (Å²) in [6, 6.07) is 6.93. The molecular weight excluding hydrogens is 230 g/mol. The quantitative estimate of drug-likeness (QED) is 0.785. The van der Waals surface area contributed by atoms with Crippen molar-refractivity contribution in [2.75, 3.05) is 6.61 Å². The van der Waals surface area contributed by atoms with E-state index in [0.29, 0.717) is 23.5 Å². The van der Waals surface area contributed by atoms with Crippen LogP contribution in [0.1, 0.15) is 31.1 Å². The molecule has 4 heteroatoms. The summed E-state index contributed by atoms with van der Waals surface area (Å²) < 4.78 is 5.33. The van der Waals surface area contributed by atoms with E-state index in [1.54, 1.807) is 24.3 Å². The highest BCUT2D eigenvalue weighted by molar-refractivity contribution is 5.80. The summed E-state index contributed by atoms with van der Waals surface area (Å²) in [6.45, 7) is 5.94. The molecule has 1 rings (SSSR count). The van der Waals surface area contributed by atoms with Crippen molar-refractivity contribution in [3.05, 3.63) is 29.8 Å². The molecule has 1 amide bonds. The SMILES string of the molecule is CC(C)C(C)NC(=O)COc1ccccc1C=O. The molecular formula is C14H19NO3. The summed E-state index contributed by atoms with van der Waals surface area (Å²) in [6.07, 6.45) is 0.712. The Bertz CT molecular complexity index is 415. The van der Waals surface area contributed by atoms with Crippen molar-refractivity contribution in [2.24, 2.45) is 5.92 Å². The normalized spacial score (nSPS) is 12.0. The Kier molecular flexibility index (Phi) is 5.36. The van der Waals surface area contributed by atoms with Gasteiger partial charge in [0.25, 0.3) is 5.91 Å². The predicted molar refractivity (Wildman–Crippen MR) is 69.8 cm³/mol. The molecule has 0 bridgehead atoms. The van der Waals surface area contributed by atoms with Crippen molar-refractivity contribution in [1.29, 1.82) is 0 Å². The minimum absolute atomic E-state index is 0.0814. The van der Waals surface area contributed by atoms with Crippen molar-refractivity contribution < 1.29 is 14.3 Å². The first-order valence-electron chi connectivity index (χ1n) is 6.01. The summed E-state index contributed by atoms with van der Waals surface area (Å²) in [4.78, 5) is 22.4. The van der Waals surface area contributed by atoms with Gasteiger partial charge in [0.15, 0.2) is 12.9 Å². The molecule has 0 saturated heterocycles. The molecule has 1 aromatic carbocycles. The molecule has 0 spiro atoms. The molecule has 18 heavy (non-hydrogen) atoms. The number of carbonyl (C=O) groups excluding carboxylic acids is 2. The first-order valence-corrected chi connectivity index (χ1v) is 6.01. The van der Waals surface area contributed by atoms with Gasteiger partial charge >= 0.3 is 0 Å². The molecule has 1 aromatic rings. The molecule has 4 nitrogen and oxygen atoms in total. The number of rotatable bonds is 6. The lowest BCUT2D eigenvalue weighted by molar-refractivity contribution is -0.124. The predicted octanol–water partition coefficient (Wildman–Crippen LogP) is 2.04. The monoisotopic (exact) mass is 249 g/mol. The highest BCUT2D eigenvalue weighted by Gasteiger charge is 2.11. The second kappa shape index (κ2) is 6.79. The fourth-order valence-electron chi connectivity index (χ4n) is 1.31. The van der Waals surface area contributed by atoms with E-state index in [0.717, 1.165) is 0 Å². The largest absolute Gasteiger partial charge is 0.483 e. The van der Waals surface area contributed by atoms with Crippen LogP contribution in [-0.4, -0.2) is 24.8 Å². The van der Waals surface area contributed by atoms with Gasteiger partial charge in [0.2, 0.25) is 0 Å². The number of hydrogen-bond acceptors (Lipinski definition) is 3. The molecule has 0 aliphatic carbocycles. The number of para-hydroxylation sites is 1. The van der Waals surface area contributed by atoms with Crippen LogP contribution in [0.3, 0.4) is 0 Å². The van der Waals surface area contributed by atoms with Crippen LogP contribution in [0.15, 0.2) is 24.3 Å². The summed E-state index contributed by atoms with van der Waals surface area (Å²) in [5.74, 6) is 0.618. The van der Waals surface area contributed by atoms with Gasteiger partial charge in [-0.1, -0.05) is 26.0 Å². The number of carbonyl (C=O) groups is 2. The number of hydrogen-bond donors (Lipinski definition) is 1. The molecule has 0 aliphatic rings. The van der Waals surface area contributed by atoms with E-state index >= 15 is 0 Å². The van der Waals surface area contributed by atoms with Gasteiger partial charge in [0.05, 0.1) is 5.56 Å². The van der Waals surface area contributed by atoms with E-state index in [9.17, 15) is 9.59 Å². The van der Waals surface area contributed by atoms with Gasteiger partial charge in [-0.3, -0.25) is 9.59 Å². The Morgan fingerprint density at radius 3 is 2.61 bits per heavy atom. The first kappa shape index (κ1) is 14.2. The van der Waals surface area contributed by atoms with Gasteiger partial charge in [-0.15, -0.1) is 0 Å². The Morgan fingerprint density at radius 2 is 2.00 bits per heavy atom. The van der Waals surface area contributed by atoms with Crippen molar-refractivity contribution in [1.82, 2.24) is 5.32 Å². The minimum atomic E-state index is -0.183. The van der Waals surface area contributed by atoms with E-state index in [2.05, 4.69) is 5.32 Å². The third kappa shape index (κ3) is 4.20. The molecule has 1 N–H and O–H groups in total. The van der Waals surface area contributed by atoms with Crippen LogP contribution in [0.25, 0.3) is 0 Å². The molecule has 0 radical (unpaired) electrons. The van der Waals surface area contributed by atoms with Crippen molar-refractivity contribution in [3.63, 3.8) is 0 Å². The van der Waals surface area contributed by atoms with Crippen LogP contribution in [-0.2, 0) is 4.79 Å². The molecule has 0 aromatic heterocycles. The lowest BCUT2D eigenvalue weighted by Crippen LogP contribution is -2.39. The molecule has 0 saturated carbocycles. The van der Waals surface area contributed by atoms with Gasteiger partial charge in [-0.25, -0.2) is 0 Å². The molecule has 1 atom stereocenters. The first-order chi connectivity index (χ1) is 8.54. The fraction of sp³-hybridized carbons (Fsp3) is 0.429. The smallest absolute Gasteiger partial charge is 0.258 e. The molecule has 0 fully saturated rings. The van der Waals surface area contributed by atoms with Crippen molar-refractivity contribution in [2.45, 2.75) is 26.8 Å². The zero-order chi connectivity index (χ0) is 13.5. The summed E-state index contributed by atoms with van der Waals surface area (Å²) >= 11 is 0.